The van der Waals surface area contributed by atoms with Crippen molar-refractivity contribution in [1.82, 2.24) is 9.80 Å². The van der Waals surface area contributed by atoms with E-state index in [9.17, 15) is 14.4 Å². The van der Waals surface area contributed by atoms with E-state index < -0.39 is 12.5 Å². The Balaban J connectivity index is 1.59. The zero-order valence-corrected chi connectivity index (χ0v) is 13.6. The molecule has 2 aliphatic rings. The Kier molecular flexibility index (Phi) is 4.66. The van der Waals surface area contributed by atoms with Crippen molar-refractivity contribution in [2.45, 2.75) is 32.2 Å². The maximum absolute atomic E-state index is 12.2. The van der Waals surface area contributed by atoms with Gasteiger partial charge < -0.3 is 5.11 Å². The lowest BCUT2D eigenvalue weighted by Gasteiger charge is -2.45. The third-order valence-electron chi connectivity index (χ3n) is 5.11. The quantitative estimate of drug-likeness (QED) is 0.847. The molecule has 0 aliphatic carbocycles. The summed E-state index contributed by atoms with van der Waals surface area (Å²) in [5.74, 6) is -1.83. The maximum Gasteiger partial charge on any atom is 0.323 e. The van der Waals surface area contributed by atoms with E-state index in [0.29, 0.717) is 0 Å². The number of likely N-dealkylation sites (tertiary alicyclic amines) is 2. The number of nitrogens with zero attached hydrogens (tertiary/aromatic N) is 2. The summed E-state index contributed by atoms with van der Waals surface area (Å²) in [7, 11) is 0. The zero-order valence-electron chi connectivity index (χ0n) is 13.6. The average Bonchev–Trinajstić information content (AvgIpc) is 2.54. The fourth-order valence-electron chi connectivity index (χ4n) is 3.73. The van der Waals surface area contributed by atoms with Crippen molar-refractivity contribution in [3.63, 3.8) is 0 Å². The number of piperidine rings is 2. The van der Waals surface area contributed by atoms with Crippen LogP contribution in [-0.2, 0) is 20.9 Å². The summed E-state index contributed by atoms with van der Waals surface area (Å²) in [6, 6.07) is 10.2. The van der Waals surface area contributed by atoms with Gasteiger partial charge in [-0.05, 0) is 36.9 Å². The van der Waals surface area contributed by atoms with Crippen molar-refractivity contribution in [3.8, 4) is 0 Å². The summed E-state index contributed by atoms with van der Waals surface area (Å²) in [6.45, 7) is 2.07. The molecule has 1 aromatic rings. The third kappa shape index (κ3) is 3.64. The van der Waals surface area contributed by atoms with Gasteiger partial charge >= 0.3 is 5.97 Å². The molecule has 1 N–H and O–H groups in total. The number of carboxylic acid groups (broad SMARTS) is 1. The molecule has 1 aromatic carbocycles. The molecule has 2 saturated heterocycles. The fourth-order valence-corrected chi connectivity index (χ4v) is 3.73. The summed E-state index contributed by atoms with van der Waals surface area (Å²) >= 11 is 0. The van der Waals surface area contributed by atoms with Gasteiger partial charge in [-0.25, -0.2) is 0 Å². The van der Waals surface area contributed by atoms with Crippen LogP contribution in [0, 0.1) is 5.41 Å². The number of hydrogen-bond donors (Lipinski definition) is 1. The normalized spacial score (nSPS) is 21.2. The molecule has 0 unspecified atom stereocenters. The minimum Gasteiger partial charge on any atom is -0.480 e. The molecular weight excluding hydrogens is 308 g/mol. The molecule has 24 heavy (non-hydrogen) atoms. The second kappa shape index (κ2) is 6.73. The van der Waals surface area contributed by atoms with Crippen LogP contribution in [0.25, 0.3) is 0 Å². The topological polar surface area (TPSA) is 77.9 Å². The minimum absolute atomic E-state index is 0.281. The number of carbonyl (C=O) groups is 3. The summed E-state index contributed by atoms with van der Waals surface area (Å²) in [6.07, 6.45) is 2.17. The Morgan fingerprint density at radius 3 is 2.17 bits per heavy atom. The molecule has 6 nitrogen and oxygen atoms in total. The number of carboxylic acids is 1. The first-order valence-corrected chi connectivity index (χ1v) is 8.29. The lowest BCUT2D eigenvalue weighted by molar-refractivity contribution is -0.160. The van der Waals surface area contributed by atoms with Gasteiger partial charge in [-0.2, -0.15) is 0 Å². The number of hydrogen-bond acceptors (Lipinski definition) is 4. The van der Waals surface area contributed by atoms with Crippen molar-refractivity contribution in [3.05, 3.63) is 35.9 Å². The lowest BCUT2D eigenvalue weighted by atomic mass is 9.70. The van der Waals surface area contributed by atoms with Crippen molar-refractivity contribution >= 4 is 17.8 Å². The molecule has 2 aliphatic heterocycles. The molecule has 0 saturated carbocycles. The van der Waals surface area contributed by atoms with Gasteiger partial charge in [-0.1, -0.05) is 30.3 Å². The minimum atomic E-state index is -1.15. The van der Waals surface area contributed by atoms with Gasteiger partial charge in [-0.15, -0.1) is 0 Å². The molecule has 2 fully saturated rings. The van der Waals surface area contributed by atoms with E-state index in [1.165, 1.54) is 5.56 Å². The Morgan fingerprint density at radius 1 is 1.04 bits per heavy atom. The summed E-state index contributed by atoms with van der Waals surface area (Å²) in [4.78, 5) is 38.5. The number of carbonyl (C=O) groups excluding carboxylic acids is 2. The predicted molar refractivity (Wildman–Crippen MR) is 87.0 cm³/mol. The van der Waals surface area contributed by atoms with E-state index in [-0.39, 0.29) is 30.1 Å². The van der Waals surface area contributed by atoms with Gasteiger partial charge in [0.25, 0.3) is 0 Å². The van der Waals surface area contributed by atoms with E-state index in [1.807, 2.05) is 18.2 Å². The van der Waals surface area contributed by atoms with Gasteiger partial charge in [0.1, 0.15) is 6.54 Å². The third-order valence-corrected chi connectivity index (χ3v) is 5.11. The molecule has 0 atom stereocenters. The van der Waals surface area contributed by atoms with E-state index in [2.05, 4.69) is 17.0 Å². The van der Waals surface area contributed by atoms with Gasteiger partial charge in [0.15, 0.2) is 0 Å². The molecule has 3 rings (SSSR count). The van der Waals surface area contributed by atoms with E-state index in [4.69, 9.17) is 5.11 Å². The zero-order chi connectivity index (χ0) is 17.2. The first-order chi connectivity index (χ1) is 11.5. The van der Waals surface area contributed by atoms with Gasteiger partial charge in [0, 0.05) is 19.4 Å². The SMILES string of the molecule is O=C(O)CN1C(=O)CC2(CCN(Cc3ccccc3)CC2)CC1=O. The number of imide groups is 1. The Bertz CT molecular complexity index is 616. The van der Waals surface area contributed by atoms with Crippen LogP contribution in [0.1, 0.15) is 31.2 Å². The second-order valence-electron chi connectivity index (χ2n) is 6.88. The molecule has 6 heteroatoms. The lowest BCUT2D eigenvalue weighted by Crippen LogP contribution is -2.52. The highest BCUT2D eigenvalue weighted by Gasteiger charge is 2.45. The number of amides is 2. The molecule has 0 bridgehead atoms. The predicted octanol–water partition coefficient (Wildman–Crippen LogP) is 1.50. The highest BCUT2D eigenvalue weighted by Crippen LogP contribution is 2.42. The Labute approximate surface area is 141 Å². The first-order valence-electron chi connectivity index (χ1n) is 8.29. The van der Waals surface area contributed by atoms with Crippen LogP contribution in [0.5, 0.6) is 0 Å². The van der Waals surface area contributed by atoms with E-state index >= 15 is 0 Å². The first kappa shape index (κ1) is 16.6. The van der Waals surface area contributed by atoms with Crippen molar-refractivity contribution in [1.29, 1.82) is 0 Å². The molecule has 2 amide bonds. The number of benzene rings is 1. The van der Waals surface area contributed by atoms with Crippen LogP contribution < -0.4 is 0 Å². The fraction of sp³-hybridized carbons (Fsp3) is 0.500. The van der Waals surface area contributed by atoms with Gasteiger partial charge in [-0.3, -0.25) is 24.2 Å². The molecule has 2 heterocycles. The van der Waals surface area contributed by atoms with Crippen LogP contribution in [-0.4, -0.2) is 52.3 Å². The van der Waals surface area contributed by atoms with Crippen LogP contribution in [0.3, 0.4) is 0 Å². The Morgan fingerprint density at radius 2 is 1.62 bits per heavy atom. The molecule has 0 aromatic heterocycles. The van der Waals surface area contributed by atoms with Gasteiger partial charge in [0.2, 0.25) is 11.8 Å². The smallest absolute Gasteiger partial charge is 0.323 e. The highest BCUT2D eigenvalue weighted by molar-refractivity contribution is 6.00. The van der Waals surface area contributed by atoms with Crippen molar-refractivity contribution in [2.24, 2.45) is 5.41 Å². The monoisotopic (exact) mass is 330 g/mol. The summed E-state index contributed by atoms with van der Waals surface area (Å²) < 4.78 is 0. The Hall–Kier alpha value is -2.21. The number of aliphatic carboxylic acids is 1. The summed E-state index contributed by atoms with van der Waals surface area (Å²) in [5.41, 5.74) is 0.980. The van der Waals surface area contributed by atoms with Crippen LogP contribution in [0.4, 0.5) is 0 Å². The highest BCUT2D eigenvalue weighted by atomic mass is 16.4. The van der Waals surface area contributed by atoms with Crippen LogP contribution >= 0.6 is 0 Å². The number of rotatable bonds is 4. The maximum atomic E-state index is 12.2. The van der Waals surface area contributed by atoms with E-state index in [0.717, 1.165) is 37.4 Å². The van der Waals surface area contributed by atoms with Crippen molar-refractivity contribution in [2.75, 3.05) is 19.6 Å². The molecule has 1 spiro atoms. The van der Waals surface area contributed by atoms with Gasteiger partial charge in [0.05, 0.1) is 0 Å². The van der Waals surface area contributed by atoms with Crippen molar-refractivity contribution < 1.29 is 19.5 Å². The molecule has 128 valence electrons. The average molecular weight is 330 g/mol. The van der Waals surface area contributed by atoms with E-state index in [1.54, 1.807) is 0 Å². The van der Waals surface area contributed by atoms with Crippen LogP contribution in [0.15, 0.2) is 30.3 Å². The second-order valence-corrected chi connectivity index (χ2v) is 6.88. The van der Waals surface area contributed by atoms with Crippen LogP contribution in [0.2, 0.25) is 0 Å². The largest absolute Gasteiger partial charge is 0.480 e. The molecule has 0 radical (unpaired) electrons. The summed E-state index contributed by atoms with van der Waals surface area (Å²) in [5, 5.41) is 8.83. The standard InChI is InChI=1S/C18H22N2O4/c21-15-10-18(11-16(22)20(15)13-17(23)24)6-8-19(9-7-18)12-14-4-2-1-3-5-14/h1-5H,6-13H2,(H,23,24). The molecular formula is C18H22N2O4.